The topological polar surface area (TPSA) is 121 Å². The van der Waals surface area contributed by atoms with Gasteiger partial charge in [0.2, 0.25) is 0 Å². The van der Waals surface area contributed by atoms with Gasteiger partial charge in [0.25, 0.3) is 0 Å². The van der Waals surface area contributed by atoms with Gasteiger partial charge in [0.1, 0.15) is 17.2 Å². The number of hydrogen-bond donors (Lipinski definition) is 6. The summed E-state index contributed by atoms with van der Waals surface area (Å²) in [5, 5.41) is 56.4. The van der Waals surface area contributed by atoms with Crippen LogP contribution in [0, 0.1) is 0 Å². The molecule has 0 radical (unpaired) electrons. The van der Waals surface area contributed by atoms with Crippen LogP contribution in [0.15, 0.2) is 24.3 Å². The molecule has 2 rings (SSSR count). The summed E-state index contributed by atoms with van der Waals surface area (Å²) in [4.78, 5) is 0. The zero-order chi connectivity index (χ0) is 14.2. The number of rotatable bonds is 2. The molecule has 0 aromatic heterocycles. The molecule has 0 fully saturated rings. The summed E-state index contributed by atoms with van der Waals surface area (Å²) in [6.07, 6.45) is -0.000648. The zero-order valence-corrected chi connectivity index (χ0v) is 9.70. The van der Waals surface area contributed by atoms with Gasteiger partial charge in [-0.3, -0.25) is 0 Å². The fraction of sp³-hybridized carbons (Fsp3) is 0.0769. The Balaban J connectivity index is 2.42. The van der Waals surface area contributed by atoms with Gasteiger partial charge in [-0.2, -0.15) is 0 Å². The van der Waals surface area contributed by atoms with Crippen LogP contribution in [0.3, 0.4) is 0 Å². The molecule has 100 valence electrons. The molecule has 6 N–H and O–H groups in total. The minimum Gasteiger partial charge on any atom is -0.508 e. The molecule has 0 amide bonds. The van der Waals surface area contributed by atoms with Crippen molar-refractivity contribution in [1.82, 2.24) is 0 Å². The van der Waals surface area contributed by atoms with E-state index in [1.807, 2.05) is 0 Å². The molecule has 0 aliphatic rings. The van der Waals surface area contributed by atoms with E-state index in [0.717, 1.165) is 12.1 Å². The maximum absolute atomic E-state index is 9.63. The lowest BCUT2D eigenvalue weighted by Crippen LogP contribution is -1.90. The van der Waals surface area contributed by atoms with Crippen LogP contribution in [0.1, 0.15) is 11.1 Å². The molecular weight excluding hydrogens is 252 g/mol. The zero-order valence-electron chi connectivity index (χ0n) is 9.70. The minimum atomic E-state index is -0.636. The van der Waals surface area contributed by atoms with E-state index in [2.05, 4.69) is 0 Å². The van der Waals surface area contributed by atoms with E-state index in [1.165, 1.54) is 12.1 Å². The van der Waals surface area contributed by atoms with Gasteiger partial charge in [-0.25, -0.2) is 0 Å². The van der Waals surface area contributed by atoms with Crippen LogP contribution in [-0.2, 0) is 6.42 Å². The Bertz CT molecular complexity index is 589. The van der Waals surface area contributed by atoms with Gasteiger partial charge in [-0.1, -0.05) is 0 Å². The molecular formula is C13H12O6. The smallest absolute Gasteiger partial charge is 0.200 e. The third-order valence-electron chi connectivity index (χ3n) is 2.70. The number of benzene rings is 2. The predicted octanol–water partition coefficient (Wildman–Crippen LogP) is 1.51. The molecule has 2 aromatic carbocycles. The van der Waals surface area contributed by atoms with Crippen molar-refractivity contribution in [3.8, 4) is 34.5 Å². The third-order valence-corrected chi connectivity index (χ3v) is 2.70. The Morgan fingerprint density at radius 1 is 0.632 bits per heavy atom. The summed E-state index contributed by atoms with van der Waals surface area (Å²) in [6, 6.07) is 4.52. The summed E-state index contributed by atoms with van der Waals surface area (Å²) in [6.45, 7) is 0. The van der Waals surface area contributed by atoms with Crippen molar-refractivity contribution in [1.29, 1.82) is 0 Å². The highest BCUT2D eigenvalue weighted by atomic mass is 16.3. The standard InChI is InChI=1S/C13H12O6/c14-7-4-9(15)8(10(16)5-7)1-6-2-11(17)13(19)12(18)3-6/h2-5,14-19H,1H2. The van der Waals surface area contributed by atoms with Crippen molar-refractivity contribution in [3.05, 3.63) is 35.4 Å². The second-order valence-corrected chi connectivity index (χ2v) is 4.12. The Labute approximate surface area is 108 Å². The van der Waals surface area contributed by atoms with Gasteiger partial charge in [0.15, 0.2) is 17.2 Å². The minimum absolute atomic E-state index is 0.000648. The van der Waals surface area contributed by atoms with Crippen molar-refractivity contribution in [2.24, 2.45) is 0 Å². The van der Waals surface area contributed by atoms with Crippen LogP contribution in [0.5, 0.6) is 34.5 Å². The highest BCUT2D eigenvalue weighted by Gasteiger charge is 2.13. The van der Waals surface area contributed by atoms with E-state index in [0.29, 0.717) is 5.56 Å². The Morgan fingerprint density at radius 3 is 1.58 bits per heavy atom. The van der Waals surface area contributed by atoms with E-state index < -0.39 is 17.2 Å². The first kappa shape index (κ1) is 12.7. The largest absolute Gasteiger partial charge is 0.508 e. The summed E-state index contributed by atoms with van der Waals surface area (Å²) >= 11 is 0. The van der Waals surface area contributed by atoms with Crippen LogP contribution in [0.4, 0.5) is 0 Å². The van der Waals surface area contributed by atoms with Crippen molar-refractivity contribution in [2.75, 3.05) is 0 Å². The van der Waals surface area contributed by atoms with Crippen LogP contribution in [0.25, 0.3) is 0 Å². The molecule has 0 spiro atoms. The molecule has 2 aromatic rings. The molecule has 0 aliphatic heterocycles. The van der Waals surface area contributed by atoms with Crippen LogP contribution >= 0.6 is 0 Å². The van der Waals surface area contributed by atoms with Crippen LogP contribution in [0.2, 0.25) is 0 Å². The predicted molar refractivity (Wildman–Crippen MR) is 65.7 cm³/mol. The molecule has 0 saturated heterocycles. The fourth-order valence-corrected chi connectivity index (χ4v) is 1.78. The molecule has 0 heterocycles. The molecule has 0 aliphatic carbocycles. The van der Waals surface area contributed by atoms with E-state index in [4.69, 9.17) is 0 Å². The second-order valence-electron chi connectivity index (χ2n) is 4.12. The SMILES string of the molecule is Oc1cc(O)c(Cc2cc(O)c(O)c(O)c2)c(O)c1. The number of aromatic hydroxyl groups is 6. The first-order valence-electron chi connectivity index (χ1n) is 5.36. The van der Waals surface area contributed by atoms with E-state index in [1.54, 1.807) is 0 Å². The monoisotopic (exact) mass is 264 g/mol. The third kappa shape index (κ3) is 2.42. The highest BCUT2D eigenvalue weighted by molar-refractivity contribution is 5.55. The fourth-order valence-electron chi connectivity index (χ4n) is 1.78. The maximum atomic E-state index is 9.63. The first-order valence-corrected chi connectivity index (χ1v) is 5.36. The van der Waals surface area contributed by atoms with Gasteiger partial charge >= 0.3 is 0 Å². The first-order chi connectivity index (χ1) is 8.88. The average Bonchev–Trinajstić information content (AvgIpc) is 2.30. The number of hydrogen-bond acceptors (Lipinski definition) is 6. The van der Waals surface area contributed by atoms with Gasteiger partial charge in [-0.15, -0.1) is 0 Å². The summed E-state index contributed by atoms with van der Waals surface area (Å²) in [7, 11) is 0. The van der Waals surface area contributed by atoms with Crippen LogP contribution in [-0.4, -0.2) is 30.6 Å². The summed E-state index contributed by atoms with van der Waals surface area (Å²) in [5.41, 5.74) is 0.492. The van der Waals surface area contributed by atoms with Gasteiger partial charge in [0, 0.05) is 24.1 Å². The average molecular weight is 264 g/mol. The van der Waals surface area contributed by atoms with E-state index in [9.17, 15) is 30.6 Å². The number of phenols is 6. The molecule has 0 unspecified atom stereocenters. The summed E-state index contributed by atoms with van der Waals surface area (Å²) < 4.78 is 0. The van der Waals surface area contributed by atoms with Crippen molar-refractivity contribution < 1.29 is 30.6 Å². The molecule has 0 bridgehead atoms. The Hall–Kier alpha value is -2.76. The van der Waals surface area contributed by atoms with Gasteiger partial charge in [0.05, 0.1) is 0 Å². The highest BCUT2D eigenvalue weighted by Crippen LogP contribution is 2.38. The molecule has 0 saturated carbocycles. The quantitative estimate of drug-likeness (QED) is 0.457. The second kappa shape index (κ2) is 4.49. The molecule has 6 nitrogen and oxygen atoms in total. The van der Waals surface area contributed by atoms with Crippen molar-refractivity contribution >= 4 is 0 Å². The molecule has 19 heavy (non-hydrogen) atoms. The maximum Gasteiger partial charge on any atom is 0.200 e. The van der Waals surface area contributed by atoms with Gasteiger partial charge in [-0.05, 0) is 17.7 Å². The lowest BCUT2D eigenvalue weighted by atomic mass is 10.0. The molecule has 0 atom stereocenters. The van der Waals surface area contributed by atoms with Crippen LogP contribution < -0.4 is 0 Å². The molecule has 6 heteroatoms. The van der Waals surface area contributed by atoms with Crippen molar-refractivity contribution in [2.45, 2.75) is 6.42 Å². The van der Waals surface area contributed by atoms with E-state index in [-0.39, 0.29) is 29.2 Å². The summed E-state index contributed by atoms with van der Waals surface area (Å²) in [5.74, 6) is -2.56. The lowest BCUT2D eigenvalue weighted by molar-refractivity contribution is 0.367. The lowest BCUT2D eigenvalue weighted by Gasteiger charge is -2.09. The van der Waals surface area contributed by atoms with Crippen molar-refractivity contribution in [3.63, 3.8) is 0 Å². The number of phenolic OH excluding ortho intramolecular Hbond substituents is 6. The normalized spacial score (nSPS) is 10.5. The van der Waals surface area contributed by atoms with Gasteiger partial charge < -0.3 is 30.6 Å². The Morgan fingerprint density at radius 2 is 1.11 bits per heavy atom. The Kier molecular flexibility index (Phi) is 3.00. The van der Waals surface area contributed by atoms with E-state index >= 15 is 0 Å².